The van der Waals surface area contributed by atoms with Gasteiger partial charge in [-0.05, 0) is 47.2 Å². The highest BCUT2D eigenvalue weighted by Gasteiger charge is 2.30. The lowest BCUT2D eigenvalue weighted by Gasteiger charge is -2.19. The molecule has 0 saturated carbocycles. The number of nitrogens with zero attached hydrogens (tertiary/aromatic N) is 1. The van der Waals surface area contributed by atoms with Gasteiger partial charge in [0.25, 0.3) is 0 Å². The van der Waals surface area contributed by atoms with Gasteiger partial charge >= 0.3 is 12.1 Å². The Labute approximate surface area is 197 Å². The number of rotatable bonds is 8. The number of amides is 2. The lowest BCUT2D eigenvalue weighted by atomic mass is 9.98. The van der Waals surface area contributed by atoms with Crippen LogP contribution in [-0.2, 0) is 14.3 Å². The van der Waals surface area contributed by atoms with Gasteiger partial charge in [0.05, 0.1) is 0 Å². The number of anilines is 1. The zero-order valence-electron chi connectivity index (χ0n) is 18.7. The molecule has 3 aromatic rings. The van der Waals surface area contributed by atoms with Crippen molar-refractivity contribution in [1.82, 2.24) is 10.3 Å². The van der Waals surface area contributed by atoms with E-state index < -0.39 is 24.0 Å². The average Bonchev–Trinajstić information content (AvgIpc) is 3.15. The van der Waals surface area contributed by atoms with E-state index >= 15 is 0 Å². The van der Waals surface area contributed by atoms with E-state index in [4.69, 9.17) is 9.84 Å². The molecule has 8 nitrogen and oxygen atoms in total. The summed E-state index contributed by atoms with van der Waals surface area (Å²) in [6.07, 6.45) is 0.436. The molecular formula is C26H25N3O5. The highest BCUT2D eigenvalue weighted by Crippen LogP contribution is 2.44. The number of hydrogen-bond donors (Lipinski definition) is 3. The van der Waals surface area contributed by atoms with Crippen LogP contribution < -0.4 is 10.6 Å². The summed E-state index contributed by atoms with van der Waals surface area (Å²) in [7, 11) is 0. The Hall–Kier alpha value is -4.20. The topological polar surface area (TPSA) is 118 Å². The Bertz CT molecular complexity index is 1160. The Morgan fingerprint density at radius 1 is 1.00 bits per heavy atom. The number of aryl methyl sites for hydroxylation is 1. The van der Waals surface area contributed by atoms with Crippen LogP contribution in [-0.4, -0.2) is 40.7 Å². The van der Waals surface area contributed by atoms with Gasteiger partial charge in [-0.3, -0.25) is 9.59 Å². The van der Waals surface area contributed by atoms with Gasteiger partial charge in [0.15, 0.2) is 0 Å². The first-order valence-electron chi connectivity index (χ1n) is 11.0. The van der Waals surface area contributed by atoms with Crippen LogP contribution in [0.25, 0.3) is 11.1 Å². The highest BCUT2D eigenvalue weighted by molar-refractivity contribution is 5.96. The average molecular weight is 460 g/mol. The maximum absolute atomic E-state index is 12.7. The molecule has 1 aliphatic rings. The molecule has 3 N–H and O–H groups in total. The minimum Gasteiger partial charge on any atom is -0.481 e. The fourth-order valence-corrected chi connectivity index (χ4v) is 4.07. The van der Waals surface area contributed by atoms with Crippen molar-refractivity contribution >= 4 is 23.8 Å². The number of aliphatic carboxylic acids is 1. The summed E-state index contributed by atoms with van der Waals surface area (Å²) in [6, 6.07) is 18.3. The minimum atomic E-state index is -1.09. The fourth-order valence-electron chi connectivity index (χ4n) is 4.07. The molecule has 1 aromatic heterocycles. The van der Waals surface area contributed by atoms with E-state index in [0.29, 0.717) is 5.82 Å². The second-order valence-electron chi connectivity index (χ2n) is 8.16. The number of ether oxygens (including phenoxy) is 1. The number of nitrogens with one attached hydrogen (secondary N) is 2. The van der Waals surface area contributed by atoms with Crippen LogP contribution in [0.15, 0.2) is 66.9 Å². The van der Waals surface area contributed by atoms with Crippen molar-refractivity contribution in [3.05, 3.63) is 83.6 Å². The molecule has 0 saturated heterocycles. The fraction of sp³-hybridized carbons (Fsp3) is 0.231. The number of hydrogen-bond acceptors (Lipinski definition) is 5. The van der Waals surface area contributed by atoms with Crippen LogP contribution in [0.1, 0.15) is 35.4 Å². The van der Waals surface area contributed by atoms with Gasteiger partial charge in [0.2, 0.25) is 5.91 Å². The van der Waals surface area contributed by atoms with E-state index in [0.717, 1.165) is 27.8 Å². The summed E-state index contributed by atoms with van der Waals surface area (Å²) < 4.78 is 5.50. The lowest BCUT2D eigenvalue weighted by molar-refractivity contribution is -0.137. The molecule has 8 heteroatoms. The van der Waals surface area contributed by atoms with Crippen molar-refractivity contribution in [2.45, 2.75) is 31.7 Å². The maximum atomic E-state index is 12.7. The van der Waals surface area contributed by atoms with Crippen LogP contribution in [0.2, 0.25) is 0 Å². The van der Waals surface area contributed by atoms with E-state index in [9.17, 15) is 14.4 Å². The molecule has 1 atom stereocenters. The third kappa shape index (κ3) is 5.23. The molecule has 1 heterocycles. The normalized spacial score (nSPS) is 12.9. The van der Waals surface area contributed by atoms with Gasteiger partial charge in [0, 0.05) is 18.5 Å². The number of carbonyl (C=O) groups excluding carboxylic acids is 2. The number of pyridine rings is 1. The Morgan fingerprint density at radius 3 is 2.24 bits per heavy atom. The van der Waals surface area contributed by atoms with E-state index in [2.05, 4.69) is 15.6 Å². The lowest BCUT2D eigenvalue weighted by Crippen LogP contribution is -2.44. The third-order valence-corrected chi connectivity index (χ3v) is 5.76. The third-order valence-electron chi connectivity index (χ3n) is 5.76. The summed E-state index contributed by atoms with van der Waals surface area (Å²) in [4.78, 5) is 40.5. The molecule has 0 aliphatic heterocycles. The molecule has 4 rings (SSSR count). The standard InChI is InChI=1S/C26H25N3O5/c1-16-10-12-23(27-14-16)29-25(32)22(11-13-24(30)31)28-26(33)34-15-21-19-8-4-2-6-17(19)18-7-3-5-9-20(18)21/h2-10,12,14,21-22H,11,13,15H2,1H3,(H,28,33)(H,30,31)(H,27,29,32). The molecule has 2 aromatic carbocycles. The first-order valence-corrected chi connectivity index (χ1v) is 11.0. The van der Waals surface area contributed by atoms with Crippen molar-refractivity contribution < 1.29 is 24.2 Å². The van der Waals surface area contributed by atoms with Gasteiger partial charge in [-0.15, -0.1) is 0 Å². The molecule has 0 spiro atoms. The zero-order valence-corrected chi connectivity index (χ0v) is 18.7. The van der Waals surface area contributed by atoms with Gasteiger partial charge in [-0.25, -0.2) is 9.78 Å². The molecule has 174 valence electrons. The number of aromatic nitrogens is 1. The molecule has 34 heavy (non-hydrogen) atoms. The zero-order chi connectivity index (χ0) is 24.1. The molecule has 1 aliphatic carbocycles. The highest BCUT2D eigenvalue weighted by atomic mass is 16.5. The Morgan fingerprint density at radius 2 is 1.65 bits per heavy atom. The predicted molar refractivity (Wildman–Crippen MR) is 126 cm³/mol. The first kappa shape index (κ1) is 23.0. The second kappa shape index (κ2) is 10.2. The summed E-state index contributed by atoms with van der Waals surface area (Å²) in [5.41, 5.74) is 5.29. The monoisotopic (exact) mass is 459 g/mol. The van der Waals surface area contributed by atoms with Crippen molar-refractivity contribution in [3.8, 4) is 11.1 Å². The van der Waals surface area contributed by atoms with Crippen molar-refractivity contribution in [3.63, 3.8) is 0 Å². The molecule has 0 radical (unpaired) electrons. The molecule has 0 fully saturated rings. The van der Waals surface area contributed by atoms with Gasteiger partial charge < -0.3 is 20.5 Å². The van der Waals surface area contributed by atoms with E-state index in [-0.39, 0.29) is 25.4 Å². The van der Waals surface area contributed by atoms with E-state index in [1.165, 1.54) is 0 Å². The number of fused-ring (bicyclic) bond motifs is 3. The smallest absolute Gasteiger partial charge is 0.407 e. The van der Waals surface area contributed by atoms with Gasteiger partial charge in [-0.1, -0.05) is 54.6 Å². The SMILES string of the molecule is Cc1ccc(NC(=O)C(CCC(=O)O)NC(=O)OCC2c3ccccc3-c3ccccc32)nc1. The largest absolute Gasteiger partial charge is 0.481 e. The Kier molecular flexibility index (Phi) is 6.87. The van der Waals surface area contributed by atoms with E-state index in [1.807, 2.05) is 55.5 Å². The predicted octanol–water partition coefficient (Wildman–Crippen LogP) is 4.10. The summed E-state index contributed by atoms with van der Waals surface area (Å²) in [5.74, 6) is -1.45. The number of carboxylic acids is 1. The Balaban J connectivity index is 1.42. The van der Waals surface area contributed by atoms with Crippen molar-refractivity contribution in [2.75, 3.05) is 11.9 Å². The van der Waals surface area contributed by atoms with Crippen LogP contribution in [0.3, 0.4) is 0 Å². The van der Waals surface area contributed by atoms with E-state index in [1.54, 1.807) is 18.3 Å². The molecule has 0 bridgehead atoms. The summed E-state index contributed by atoms with van der Waals surface area (Å²) in [6.45, 7) is 1.96. The first-order chi connectivity index (χ1) is 16.4. The number of carboxylic acid groups (broad SMARTS) is 1. The second-order valence-corrected chi connectivity index (χ2v) is 8.16. The molecule has 1 unspecified atom stereocenters. The molecule has 2 amide bonds. The van der Waals surface area contributed by atoms with Crippen LogP contribution in [0, 0.1) is 6.92 Å². The maximum Gasteiger partial charge on any atom is 0.407 e. The van der Waals surface area contributed by atoms with Gasteiger partial charge in [0.1, 0.15) is 18.5 Å². The number of benzene rings is 2. The van der Waals surface area contributed by atoms with Crippen LogP contribution in [0.5, 0.6) is 0 Å². The van der Waals surface area contributed by atoms with Crippen molar-refractivity contribution in [1.29, 1.82) is 0 Å². The summed E-state index contributed by atoms with van der Waals surface area (Å²) >= 11 is 0. The number of alkyl carbamates (subject to hydrolysis) is 1. The van der Waals surface area contributed by atoms with Gasteiger partial charge in [-0.2, -0.15) is 0 Å². The summed E-state index contributed by atoms with van der Waals surface area (Å²) in [5, 5.41) is 14.2. The quantitative estimate of drug-likeness (QED) is 0.467. The minimum absolute atomic E-state index is 0.0861. The van der Waals surface area contributed by atoms with Crippen LogP contribution in [0.4, 0.5) is 10.6 Å². The molecular weight excluding hydrogens is 434 g/mol. The van der Waals surface area contributed by atoms with Crippen molar-refractivity contribution in [2.24, 2.45) is 0 Å². The number of carbonyl (C=O) groups is 3. The van der Waals surface area contributed by atoms with Crippen LogP contribution >= 0.6 is 0 Å².